The van der Waals surface area contributed by atoms with Gasteiger partial charge in [0.15, 0.2) is 11.5 Å². The molecule has 2 aromatic heterocycles. The van der Waals surface area contributed by atoms with Gasteiger partial charge >= 0.3 is 5.97 Å². The molecule has 4 rings (SSSR count). The van der Waals surface area contributed by atoms with Crippen LogP contribution in [-0.2, 0) is 6.42 Å². The summed E-state index contributed by atoms with van der Waals surface area (Å²) in [7, 11) is 4.67. The Labute approximate surface area is 178 Å². The van der Waals surface area contributed by atoms with E-state index in [1.165, 1.54) is 16.7 Å². The molecule has 1 aromatic carbocycles. The number of hydrogen-bond donors (Lipinski definition) is 1. The fourth-order valence-corrected chi connectivity index (χ4v) is 3.89. The summed E-state index contributed by atoms with van der Waals surface area (Å²) in [6.07, 6.45) is 5.44. The number of aromatic nitrogens is 2. The monoisotopic (exact) mass is 422 g/mol. The van der Waals surface area contributed by atoms with Crippen LogP contribution in [0.15, 0.2) is 35.3 Å². The largest absolute Gasteiger partial charge is 0.493 e. The van der Waals surface area contributed by atoms with E-state index in [1.54, 1.807) is 27.4 Å². The van der Waals surface area contributed by atoms with Crippen LogP contribution in [0.25, 0.3) is 17.3 Å². The maximum absolute atomic E-state index is 13.1. The van der Waals surface area contributed by atoms with Crippen molar-refractivity contribution >= 4 is 23.3 Å². The Bertz CT molecular complexity index is 1250. The predicted octanol–water partition coefficient (Wildman–Crippen LogP) is 3.30. The van der Waals surface area contributed by atoms with Crippen molar-refractivity contribution in [1.82, 2.24) is 9.38 Å². The molecule has 0 aliphatic heterocycles. The van der Waals surface area contributed by atoms with Gasteiger partial charge in [0.05, 0.1) is 32.6 Å². The summed E-state index contributed by atoms with van der Waals surface area (Å²) in [6, 6.07) is 6.68. The lowest BCUT2D eigenvalue weighted by molar-refractivity contribution is 0.0696. The predicted molar refractivity (Wildman–Crippen MR) is 115 cm³/mol. The van der Waals surface area contributed by atoms with Gasteiger partial charge in [0.2, 0.25) is 5.75 Å². The highest BCUT2D eigenvalue weighted by Crippen LogP contribution is 2.40. The van der Waals surface area contributed by atoms with E-state index in [9.17, 15) is 14.7 Å². The second-order valence-electron chi connectivity index (χ2n) is 7.18. The highest BCUT2D eigenvalue weighted by atomic mass is 16.5. The molecule has 8 nitrogen and oxygen atoms in total. The van der Waals surface area contributed by atoms with Crippen molar-refractivity contribution in [2.24, 2.45) is 0 Å². The first-order chi connectivity index (χ1) is 15.0. The fraction of sp³-hybridized carbons (Fsp3) is 0.261. The molecule has 0 saturated carbocycles. The molecule has 0 saturated heterocycles. The van der Waals surface area contributed by atoms with E-state index in [2.05, 4.69) is 4.98 Å². The molecule has 0 amide bonds. The van der Waals surface area contributed by atoms with Crippen LogP contribution in [0.4, 0.5) is 0 Å². The molecule has 1 N–H and O–H groups in total. The Morgan fingerprint density at radius 3 is 2.42 bits per heavy atom. The third-order valence-electron chi connectivity index (χ3n) is 5.37. The standard InChI is InChI=1S/C23H22N2O6/c1-29-17-10-13(11-18(30-2)21(17)31-3)9-14-5-4-6-16-20(14)24-19-8-7-15(23(27)28)12-25(19)22(16)26/h7-12H,4-6H2,1-3H3,(H,27,28)/b14-9-. The van der Waals surface area contributed by atoms with Gasteiger partial charge in [-0.25, -0.2) is 9.78 Å². The van der Waals surface area contributed by atoms with Crippen LogP contribution < -0.4 is 19.8 Å². The molecule has 3 aromatic rings. The second-order valence-corrected chi connectivity index (χ2v) is 7.18. The zero-order chi connectivity index (χ0) is 22.1. The Morgan fingerprint density at radius 2 is 1.81 bits per heavy atom. The van der Waals surface area contributed by atoms with Gasteiger partial charge in [-0.3, -0.25) is 9.20 Å². The number of rotatable bonds is 5. The van der Waals surface area contributed by atoms with Crippen LogP contribution in [0, 0.1) is 0 Å². The number of benzene rings is 1. The summed E-state index contributed by atoms with van der Waals surface area (Å²) in [6.45, 7) is 0. The lowest BCUT2D eigenvalue weighted by Gasteiger charge is -2.19. The van der Waals surface area contributed by atoms with Crippen LogP contribution in [0.2, 0.25) is 0 Å². The lowest BCUT2D eigenvalue weighted by Crippen LogP contribution is -2.25. The minimum atomic E-state index is -1.09. The highest BCUT2D eigenvalue weighted by Gasteiger charge is 2.22. The summed E-state index contributed by atoms with van der Waals surface area (Å²) >= 11 is 0. The Morgan fingerprint density at radius 1 is 1.10 bits per heavy atom. The van der Waals surface area contributed by atoms with Gasteiger partial charge in [-0.05, 0) is 60.7 Å². The average molecular weight is 422 g/mol. The van der Waals surface area contributed by atoms with Crippen molar-refractivity contribution in [3.8, 4) is 17.2 Å². The molecule has 0 radical (unpaired) electrons. The van der Waals surface area contributed by atoms with Gasteiger partial charge in [0, 0.05) is 11.8 Å². The highest BCUT2D eigenvalue weighted by molar-refractivity contribution is 5.88. The van der Waals surface area contributed by atoms with E-state index in [1.807, 2.05) is 18.2 Å². The number of pyridine rings is 1. The van der Waals surface area contributed by atoms with E-state index < -0.39 is 5.97 Å². The summed E-state index contributed by atoms with van der Waals surface area (Å²) in [5.41, 5.74) is 3.21. The normalized spacial score (nSPS) is 14.4. The first-order valence-corrected chi connectivity index (χ1v) is 9.76. The van der Waals surface area contributed by atoms with Crippen LogP contribution in [0.5, 0.6) is 17.2 Å². The number of carboxylic acid groups (broad SMARTS) is 1. The minimum absolute atomic E-state index is 0.0420. The molecule has 8 heteroatoms. The summed E-state index contributed by atoms with van der Waals surface area (Å²) in [5, 5.41) is 9.23. The molecular weight excluding hydrogens is 400 g/mol. The first kappa shape index (κ1) is 20.5. The molecule has 2 heterocycles. The Kier molecular flexibility index (Phi) is 5.37. The first-order valence-electron chi connectivity index (χ1n) is 9.76. The van der Waals surface area contributed by atoms with Gasteiger partial charge in [0.25, 0.3) is 5.56 Å². The Hall–Kier alpha value is -3.81. The quantitative estimate of drug-likeness (QED) is 0.673. The van der Waals surface area contributed by atoms with Gasteiger partial charge in [0.1, 0.15) is 5.65 Å². The van der Waals surface area contributed by atoms with Gasteiger partial charge in [-0.2, -0.15) is 0 Å². The van der Waals surface area contributed by atoms with Crippen molar-refractivity contribution in [3.05, 3.63) is 63.2 Å². The summed E-state index contributed by atoms with van der Waals surface area (Å²) in [4.78, 5) is 29.0. The van der Waals surface area contributed by atoms with Gasteiger partial charge in [-0.15, -0.1) is 0 Å². The van der Waals surface area contributed by atoms with Crippen LogP contribution in [0.1, 0.15) is 40.0 Å². The van der Waals surface area contributed by atoms with Crippen molar-refractivity contribution in [2.75, 3.05) is 21.3 Å². The van der Waals surface area contributed by atoms with Gasteiger partial charge in [-0.1, -0.05) is 0 Å². The van der Waals surface area contributed by atoms with Gasteiger partial charge < -0.3 is 19.3 Å². The third-order valence-corrected chi connectivity index (χ3v) is 5.37. The van der Waals surface area contributed by atoms with E-state index >= 15 is 0 Å². The SMILES string of the molecule is COc1cc(/C=C2/CCCc3c2nc2ccc(C(=O)O)cn2c3=O)cc(OC)c1OC. The number of carboxylic acids is 1. The minimum Gasteiger partial charge on any atom is -0.493 e. The zero-order valence-corrected chi connectivity index (χ0v) is 17.5. The lowest BCUT2D eigenvalue weighted by atomic mass is 9.90. The van der Waals surface area contributed by atoms with Crippen LogP contribution in [-0.4, -0.2) is 41.8 Å². The molecule has 0 atom stereocenters. The van der Waals surface area contributed by atoms with E-state index in [4.69, 9.17) is 14.2 Å². The van der Waals surface area contributed by atoms with E-state index in [-0.39, 0.29) is 11.1 Å². The number of carbonyl (C=O) groups is 1. The number of nitrogens with zero attached hydrogens (tertiary/aromatic N) is 2. The number of allylic oxidation sites excluding steroid dienone is 1. The maximum atomic E-state index is 13.1. The van der Waals surface area contributed by atoms with Crippen LogP contribution in [0.3, 0.4) is 0 Å². The van der Waals surface area contributed by atoms with Crippen LogP contribution >= 0.6 is 0 Å². The molecular formula is C23H22N2O6. The van der Waals surface area contributed by atoms with Crippen molar-refractivity contribution < 1.29 is 24.1 Å². The van der Waals surface area contributed by atoms with Crippen molar-refractivity contribution in [1.29, 1.82) is 0 Å². The smallest absolute Gasteiger partial charge is 0.337 e. The number of aromatic carboxylic acids is 1. The molecule has 1 aliphatic carbocycles. The number of hydrogen-bond acceptors (Lipinski definition) is 6. The average Bonchev–Trinajstić information content (AvgIpc) is 2.78. The number of fused-ring (bicyclic) bond motifs is 2. The molecule has 0 fully saturated rings. The molecule has 31 heavy (non-hydrogen) atoms. The third kappa shape index (κ3) is 3.61. The summed E-state index contributed by atoms with van der Waals surface area (Å²) < 4.78 is 17.6. The molecule has 160 valence electrons. The second kappa shape index (κ2) is 8.14. The zero-order valence-electron chi connectivity index (χ0n) is 17.5. The topological polar surface area (TPSA) is 99.4 Å². The number of methoxy groups -OCH3 is 3. The maximum Gasteiger partial charge on any atom is 0.337 e. The molecule has 0 bridgehead atoms. The molecule has 0 unspecified atom stereocenters. The molecule has 0 spiro atoms. The number of ether oxygens (including phenoxy) is 3. The Balaban J connectivity index is 1.88. The van der Waals surface area contributed by atoms with E-state index in [0.29, 0.717) is 40.6 Å². The van der Waals surface area contributed by atoms with E-state index in [0.717, 1.165) is 24.0 Å². The fourth-order valence-electron chi connectivity index (χ4n) is 3.89. The van der Waals surface area contributed by atoms with Crippen molar-refractivity contribution in [3.63, 3.8) is 0 Å². The summed E-state index contributed by atoms with van der Waals surface area (Å²) in [5.74, 6) is 0.497. The molecule has 1 aliphatic rings. The van der Waals surface area contributed by atoms with Crippen molar-refractivity contribution in [2.45, 2.75) is 19.3 Å².